The second-order valence-electron chi connectivity index (χ2n) is 6.27. The third-order valence-corrected chi connectivity index (χ3v) is 4.38. The first-order valence-corrected chi connectivity index (χ1v) is 8.71. The Balaban J connectivity index is 2.02. The zero-order valence-corrected chi connectivity index (χ0v) is 15.9. The topological polar surface area (TPSA) is 49.4 Å². The van der Waals surface area contributed by atoms with Crippen LogP contribution in [0.3, 0.4) is 0 Å². The van der Waals surface area contributed by atoms with Gasteiger partial charge in [-0.3, -0.25) is 9.59 Å². The van der Waals surface area contributed by atoms with E-state index in [0.717, 1.165) is 11.1 Å². The summed E-state index contributed by atoms with van der Waals surface area (Å²) in [7, 11) is 0. The minimum atomic E-state index is -0.345. The van der Waals surface area contributed by atoms with Crippen LogP contribution in [0.2, 0.25) is 5.02 Å². The molecule has 0 saturated carbocycles. The Kier molecular flexibility index (Phi) is 6.75. The zero-order chi connectivity index (χ0) is 19.3. The summed E-state index contributed by atoms with van der Waals surface area (Å²) in [6.45, 7) is 5.30. The van der Waals surface area contributed by atoms with Gasteiger partial charge < -0.3 is 10.2 Å². The predicted octanol–water partition coefficient (Wildman–Crippen LogP) is 4.13. The van der Waals surface area contributed by atoms with Crippen molar-refractivity contribution < 1.29 is 14.0 Å². The molecule has 0 aliphatic rings. The first-order chi connectivity index (χ1) is 12.3. The molecular formula is C20H22ClFN2O2. The van der Waals surface area contributed by atoms with Crippen LogP contribution in [0.1, 0.15) is 23.6 Å². The van der Waals surface area contributed by atoms with Crippen molar-refractivity contribution in [3.05, 3.63) is 63.9 Å². The number of anilines is 1. The van der Waals surface area contributed by atoms with Crippen LogP contribution < -0.4 is 5.32 Å². The summed E-state index contributed by atoms with van der Waals surface area (Å²) in [5, 5.41) is 3.22. The summed E-state index contributed by atoms with van der Waals surface area (Å²) in [6, 6.07) is 10.1. The number of carbonyl (C=O) groups is 2. The van der Waals surface area contributed by atoms with E-state index < -0.39 is 0 Å². The molecule has 138 valence electrons. The molecule has 2 rings (SSSR count). The normalized spacial score (nSPS) is 10.5. The molecule has 0 spiro atoms. The average Bonchev–Trinajstić information content (AvgIpc) is 2.55. The number of hydrogen-bond acceptors (Lipinski definition) is 2. The largest absolute Gasteiger partial charge is 0.333 e. The lowest BCUT2D eigenvalue weighted by molar-refractivity contribution is -0.132. The van der Waals surface area contributed by atoms with Gasteiger partial charge in [0.25, 0.3) is 0 Å². The number of rotatable bonds is 6. The van der Waals surface area contributed by atoms with Crippen LogP contribution in [0.15, 0.2) is 36.4 Å². The summed E-state index contributed by atoms with van der Waals surface area (Å²) in [6.07, 6.45) is 0.337. The van der Waals surface area contributed by atoms with Crippen molar-refractivity contribution >= 4 is 29.1 Å². The monoisotopic (exact) mass is 376 g/mol. The smallest absolute Gasteiger partial charge is 0.244 e. The second kappa shape index (κ2) is 8.81. The van der Waals surface area contributed by atoms with Gasteiger partial charge in [-0.05, 0) is 49.1 Å². The Bertz CT molecular complexity index is 800. The highest BCUT2D eigenvalue weighted by Crippen LogP contribution is 2.27. The van der Waals surface area contributed by atoms with Gasteiger partial charge in [0.15, 0.2) is 0 Å². The molecule has 2 aromatic carbocycles. The quantitative estimate of drug-likeness (QED) is 0.824. The van der Waals surface area contributed by atoms with Crippen molar-refractivity contribution in [3.8, 4) is 0 Å². The van der Waals surface area contributed by atoms with Crippen LogP contribution in [0.4, 0.5) is 10.1 Å². The Labute approximate surface area is 158 Å². The van der Waals surface area contributed by atoms with E-state index in [1.807, 2.05) is 19.9 Å². The maximum Gasteiger partial charge on any atom is 0.244 e. The molecule has 1 N–H and O–H groups in total. The second-order valence-corrected chi connectivity index (χ2v) is 6.68. The summed E-state index contributed by atoms with van der Waals surface area (Å²) in [5.74, 6) is -0.909. The highest BCUT2D eigenvalue weighted by atomic mass is 35.5. The van der Waals surface area contributed by atoms with Crippen molar-refractivity contribution in [2.24, 2.45) is 0 Å². The number of hydrogen-bond donors (Lipinski definition) is 1. The van der Waals surface area contributed by atoms with Gasteiger partial charge in [-0.2, -0.15) is 0 Å². The molecule has 0 saturated heterocycles. The molecule has 0 heterocycles. The molecule has 6 heteroatoms. The third-order valence-electron chi connectivity index (χ3n) is 4.08. The van der Waals surface area contributed by atoms with Crippen LogP contribution in [-0.2, 0) is 16.0 Å². The molecule has 0 bridgehead atoms. The number of halogens is 2. The number of amides is 2. The Morgan fingerprint density at radius 3 is 2.50 bits per heavy atom. The van der Waals surface area contributed by atoms with Gasteiger partial charge in [0.1, 0.15) is 5.82 Å². The molecule has 0 radical (unpaired) electrons. The molecule has 0 atom stereocenters. The maximum absolute atomic E-state index is 13.7. The van der Waals surface area contributed by atoms with Crippen molar-refractivity contribution in [1.82, 2.24) is 4.90 Å². The third kappa shape index (κ3) is 5.30. The first kappa shape index (κ1) is 19.9. The number of aryl methyl sites for hydroxylation is 2. The highest BCUT2D eigenvalue weighted by molar-refractivity contribution is 6.34. The van der Waals surface area contributed by atoms with Crippen molar-refractivity contribution in [2.75, 3.05) is 18.4 Å². The SMILES string of the molecule is CC(=O)N(CCc1ccccc1F)CC(=O)Nc1c(C)cc(C)cc1Cl. The van der Waals surface area contributed by atoms with Gasteiger partial charge in [-0.15, -0.1) is 0 Å². The molecule has 0 unspecified atom stereocenters. The molecule has 2 amide bonds. The van der Waals surface area contributed by atoms with E-state index in [4.69, 9.17) is 11.6 Å². The molecule has 0 aliphatic carbocycles. The van der Waals surface area contributed by atoms with Crippen molar-refractivity contribution in [1.29, 1.82) is 0 Å². The molecule has 0 aromatic heterocycles. The summed E-state index contributed by atoms with van der Waals surface area (Å²) < 4.78 is 13.7. The summed E-state index contributed by atoms with van der Waals surface area (Å²) in [4.78, 5) is 25.6. The Hall–Kier alpha value is -2.40. The fraction of sp³-hybridized carbons (Fsp3) is 0.300. The standard InChI is InChI=1S/C20H22ClFN2O2/c1-13-10-14(2)20(17(21)11-13)23-19(26)12-24(15(3)25)9-8-16-6-4-5-7-18(16)22/h4-7,10-11H,8-9,12H2,1-3H3,(H,23,26). The number of carbonyl (C=O) groups excluding carboxylic acids is 2. The zero-order valence-electron chi connectivity index (χ0n) is 15.1. The van der Waals surface area contributed by atoms with Crippen LogP contribution in [-0.4, -0.2) is 29.8 Å². The molecular weight excluding hydrogens is 355 g/mol. The maximum atomic E-state index is 13.7. The number of nitrogens with one attached hydrogen (secondary N) is 1. The lowest BCUT2D eigenvalue weighted by Crippen LogP contribution is -2.38. The molecule has 0 fully saturated rings. The van der Waals surface area contributed by atoms with E-state index >= 15 is 0 Å². The van der Waals surface area contributed by atoms with E-state index in [1.54, 1.807) is 24.3 Å². The van der Waals surface area contributed by atoms with Gasteiger partial charge in [0, 0.05) is 13.5 Å². The molecule has 4 nitrogen and oxygen atoms in total. The highest BCUT2D eigenvalue weighted by Gasteiger charge is 2.16. The molecule has 0 aliphatic heterocycles. The van der Waals surface area contributed by atoms with Gasteiger partial charge in [0.2, 0.25) is 11.8 Å². The fourth-order valence-electron chi connectivity index (χ4n) is 2.73. The van der Waals surface area contributed by atoms with Gasteiger partial charge >= 0.3 is 0 Å². The lowest BCUT2D eigenvalue weighted by Gasteiger charge is -2.21. The lowest BCUT2D eigenvalue weighted by atomic mass is 10.1. The Morgan fingerprint density at radius 2 is 1.88 bits per heavy atom. The fourth-order valence-corrected chi connectivity index (χ4v) is 3.10. The van der Waals surface area contributed by atoms with Gasteiger partial charge in [0.05, 0.1) is 17.3 Å². The van der Waals surface area contributed by atoms with Gasteiger partial charge in [-0.1, -0.05) is 35.9 Å². The first-order valence-electron chi connectivity index (χ1n) is 8.33. The van der Waals surface area contributed by atoms with Crippen molar-refractivity contribution in [2.45, 2.75) is 27.2 Å². The van der Waals surface area contributed by atoms with Crippen LogP contribution in [0, 0.1) is 19.7 Å². The molecule has 26 heavy (non-hydrogen) atoms. The molecule has 2 aromatic rings. The van der Waals surface area contributed by atoms with E-state index in [0.29, 0.717) is 22.7 Å². The van der Waals surface area contributed by atoms with E-state index in [9.17, 15) is 14.0 Å². The van der Waals surface area contributed by atoms with Crippen LogP contribution in [0.25, 0.3) is 0 Å². The minimum Gasteiger partial charge on any atom is -0.333 e. The van der Waals surface area contributed by atoms with E-state index in [-0.39, 0.29) is 30.7 Å². The number of nitrogens with zero attached hydrogens (tertiary/aromatic N) is 1. The minimum absolute atomic E-state index is 0.118. The van der Waals surface area contributed by atoms with E-state index in [1.165, 1.54) is 17.9 Å². The Morgan fingerprint density at radius 1 is 1.19 bits per heavy atom. The van der Waals surface area contributed by atoms with Crippen LogP contribution >= 0.6 is 11.6 Å². The number of benzene rings is 2. The average molecular weight is 377 g/mol. The van der Waals surface area contributed by atoms with E-state index in [2.05, 4.69) is 5.32 Å². The van der Waals surface area contributed by atoms with Crippen molar-refractivity contribution in [3.63, 3.8) is 0 Å². The van der Waals surface area contributed by atoms with Gasteiger partial charge in [-0.25, -0.2) is 4.39 Å². The predicted molar refractivity (Wildman–Crippen MR) is 102 cm³/mol. The summed E-state index contributed by atoms with van der Waals surface area (Å²) >= 11 is 6.20. The van der Waals surface area contributed by atoms with Crippen LogP contribution in [0.5, 0.6) is 0 Å². The summed E-state index contributed by atoms with van der Waals surface area (Å²) in [5.41, 5.74) is 2.90.